The number of aromatic nitrogens is 3. The maximum atomic E-state index is 14.0. The molecule has 3 aromatic rings. The lowest BCUT2D eigenvalue weighted by atomic mass is 9.91. The highest BCUT2D eigenvalue weighted by Crippen LogP contribution is 2.41. The first-order valence-corrected chi connectivity index (χ1v) is 10.8. The Hall–Kier alpha value is -3.50. The van der Waals surface area contributed by atoms with Gasteiger partial charge in [-0.15, -0.1) is 0 Å². The summed E-state index contributed by atoms with van der Waals surface area (Å²) < 4.78 is 25.4. The number of nitrogens with one attached hydrogen (secondary N) is 3. The first-order valence-electron chi connectivity index (χ1n) is 10.8. The molecule has 2 aromatic heterocycles. The van der Waals surface area contributed by atoms with Crippen molar-refractivity contribution in [1.82, 2.24) is 20.3 Å². The Morgan fingerprint density at radius 3 is 2.97 bits per heavy atom. The number of aromatic amines is 1. The Morgan fingerprint density at radius 1 is 1.30 bits per heavy atom. The molecule has 0 radical (unpaired) electrons. The van der Waals surface area contributed by atoms with Gasteiger partial charge in [0.25, 0.3) is 5.91 Å². The van der Waals surface area contributed by atoms with Gasteiger partial charge in [0.05, 0.1) is 54.3 Å². The quantitative estimate of drug-likeness (QED) is 0.438. The predicted octanol–water partition coefficient (Wildman–Crippen LogP) is 3.00. The fourth-order valence-electron chi connectivity index (χ4n) is 4.32. The van der Waals surface area contributed by atoms with Crippen molar-refractivity contribution in [1.29, 1.82) is 0 Å². The third-order valence-electron chi connectivity index (χ3n) is 5.88. The second kappa shape index (κ2) is 8.80. The number of rotatable bonds is 5. The molecule has 2 aliphatic rings. The molecule has 2 atom stereocenters. The third kappa shape index (κ3) is 4.14. The molecule has 0 unspecified atom stereocenters. The molecule has 10 heteroatoms. The molecule has 1 aromatic carbocycles. The molecule has 5 rings (SSSR count). The van der Waals surface area contributed by atoms with Crippen LogP contribution in [0.5, 0.6) is 5.75 Å². The van der Waals surface area contributed by atoms with E-state index in [1.165, 1.54) is 12.1 Å². The SMILES string of the molecule is Cc1nccc(-c2[nH]c3c(c2Nc2cccc(F)c2O)C(=O)NC[C@@H]3C[C@H]2COCCO2)n1. The second-order valence-electron chi connectivity index (χ2n) is 8.12. The number of phenolic OH excluding ortho intramolecular Hbond substituents is 1. The molecule has 1 saturated heterocycles. The van der Waals surface area contributed by atoms with Gasteiger partial charge in [0.2, 0.25) is 0 Å². The highest BCUT2D eigenvalue weighted by Gasteiger charge is 2.35. The van der Waals surface area contributed by atoms with Gasteiger partial charge in [0.15, 0.2) is 11.6 Å². The van der Waals surface area contributed by atoms with Gasteiger partial charge in [-0.05, 0) is 31.5 Å². The summed E-state index contributed by atoms with van der Waals surface area (Å²) in [6.45, 7) is 3.83. The van der Waals surface area contributed by atoms with Gasteiger partial charge in [0, 0.05) is 24.4 Å². The van der Waals surface area contributed by atoms with Crippen molar-refractivity contribution in [3.05, 3.63) is 53.4 Å². The first kappa shape index (κ1) is 21.4. The number of fused-ring (bicyclic) bond motifs is 1. The van der Waals surface area contributed by atoms with Crippen molar-refractivity contribution in [2.75, 3.05) is 31.7 Å². The van der Waals surface area contributed by atoms with Crippen molar-refractivity contribution in [2.45, 2.75) is 25.4 Å². The van der Waals surface area contributed by atoms with Crippen LogP contribution in [0.4, 0.5) is 15.8 Å². The number of H-pyrrole nitrogens is 1. The topological polar surface area (TPSA) is 121 Å². The maximum absolute atomic E-state index is 14.0. The van der Waals surface area contributed by atoms with Crippen molar-refractivity contribution in [2.24, 2.45) is 0 Å². The molecule has 0 bridgehead atoms. The number of amides is 1. The molecule has 33 heavy (non-hydrogen) atoms. The molecule has 4 heterocycles. The van der Waals surface area contributed by atoms with Gasteiger partial charge in [-0.25, -0.2) is 14.4 Å². The van der Waals surface area contributed by atoms with E-state index in [4.69, 9.17) is 9.47 Å². The Labute approximate surface area is 189 Å². The van der Waals surface area contributed by atoms with Crippen molar-refractivity contribution < 1.29 is 23.8 Å². The molecule has 4 N–H and O–H groups in total. The third-order valence-corrected chi connectivity index (χ3v) is 5.88. The predicted molar refractivity (Wildman–Crippen MR) is 118 cm³/mol. The minimum absolute atomic E-state index is 0.0530. The van der Waals surface area contributed by atoms with Crippen LogP contribution in [0.2, 0.25) is 0 Å². The van der Waals surface area contributed by atoms with E-state index < -0.39 is 11.6 Å². The number of aryl methyl sites for hydroxylation is 1. The van der Waals surface area contributed by atoms with Crippen LogP contribution in [0.25, 0.3) is 11.4 Å². The van der Waals surface area contributed by atoms with Crippen LogP contribution in [-0.2, 0) is 9.47 Å². The first-order chi connectivity index (χ1) is 16.0. The fraction of sp³-hybridized carbons (Fsp3) is 0.348. The van der Waals surface area contributed by atoms with E-state index in [0.717, 1.165) is 11.8 Å². The number of ether oxygens (including phenoxy) is 2. The number of anilines is 2. The van der Waals surface area contributed by atoms with Crippen molar-refractivity contribution >= 4 is 17.3 Å². The van der Waals surface area contributed by atoms with E-state index in [9.17, 15) is 14.3 Å². The Bertz CT molecular complexity index is 1190. The summed E-state index contributed by atoms with van der Waals surface area (Å²) in [6.07, 6.45) is 2.20. The van der Waals surface area contributed by atoms with E-state index in [1.54, 1.807) is 19.2 Å². The van der Waals surface area contributed by atoms with Crippen LogP contribution in [0.3, 0.4) is 0 Å². The van der Waals surface area contributed by atoms with Crippen LogP contribution in [0.1, 0.15) is 34.2 Å². The summed E-state index contributed by atoms with van der Waals surface area (Å²) in [7, 11) is 0. The summed E-state index contributed by atoms with van der Waals surface area (Å²) >= 11 is 0. The summed E-state index contributed by atoms with van der Waals surface area (Å²) in [5, 5.41) is 16.2. The Morgan fingerprint density at radius 2 is 2.18 bits per heavy atom. The highest BCUT2D eigenvalue weighted by molar-refractivity contribution is 6.06. The molecule has 0 aliphatic carbocycles. The smallest absolute Gasteiger partial charge is 0.255 e. The molecule has 0 spiro atoms. The molecular formula is C23H24FN5O4. The summed E-state index contributed by atoms with van der Waals surface area (Å²) in [4.78, 5) is 25.0. The minimum atomic E-state index is -0.763. The number of aromatic hydroxyl groups is 1. The largest absolute Gasteiger partial charge is 0.503 e. The lowest BCUT2D eigenvalue weighted by molar-refractivity contribution is -0.0928. The van der Waals surface area contributed by atoms with Crippen molar-refractivity contribution in [3.8, 4) is 17.1 Å². The standard InChI is InChI=1S/C23H24FN5O4/c1-12-25-6-5-16(27-12)20-21(28-17-4-2-3-15(24)22(17)30)18-19(29-20)13(10-26-23(18)31)9-14-11-32-7-8-33-14/h2-6,13-14,28-30H,7-11H2,1H3,(H,26,31)/t13-,14-/m0/s1. The summed E-state index contributed by atoms with van der Waals surface area (Å²) in [5.74, 6) is -1.05. The number of hydrogen-bond donors (Lipinski definition) is 4. The monoisotopic (exact) mass is 453 g/mol. The van der Waals surface area contributed by atoms with Crippen LogP contribution in [0.15, 0.2) is 30.5 Å². The molecule has 172 valence electrons. The van der Waals surface area contributed by atoms with E-state index in [1.807, 2.05) is 0 Å². The number of carbonyl (C=O) groups is 1. The normalized spacial score (nSPS) is 20.2. The van der Waals surface area contributed by atoms with E-state index in [2.05, 4.69) is 25.6 Å². The second-order valence-corrected chi connectivity index (χ2v) is 8.12. The Balaban J connectivity index is 1.61. The average molecular weight is 453 g/mol. The van der Waals surface area contributed by atoms with Gasteiger partial charge in [0.1, 0.15) is 5.82 Å². The number of benzene rings is 1. The summed E-state index contributed by atoms with van der Waals surface area (Å²) in [6, 6.07) is 5.91. The zero-order valence-electron chi connectivity index (χ0n) is 18.0. The molecular weight excluding hydrogens is 429 g/mol. The van der Waals surface area contributed by atoms with Gasteiger partial charge in [-0.1, -0.05) is 6.07 Å². The number of nitrogens with zero attached hydrogens (tertiary/aromatic N) is 2. The van der Waals surface area contributed by atoms with Crippen LogP contribution in [-0.4, -0.2) is 58.4 Å². The van der Waals surface area contributed by atoms with E-state index >= 15 is 0 Å². The van der Waals surface area contributed by atoms with Gasteiger partial charge >= 0.3 is 0 Å². The average Bonchev–Trinajstić information content (AvgIpc) is 3.20. The molecule has 9 nitrogen and oxygen atoms in total. The van der Waals surface area contributed by atoms with Gasteiger partial charge in [-0.3, -0.25) is 4.79 Å². The minimum Gasteiger partial charge on any atom is -0.503 e. The number of phenols is 1. The Kier molecular flexibility index (Phi) is 5.69. The molecule has 0 saturated carbocycles. The lowest BCUT2D eigenvalue weighted by Crippen LogP contribution is -2.38. The number of halogens is 1. The van der Waals surface area contributed by atoms with Crippen LogP contribution >= 0.6 is 0 Å². The molecule has 1 amide bonds. The van der Waals surface area contributed by atoms with Gasteiger partial charge in [-0.2, -0.15) is 0 Å². The highest BCUT2D eigenvalue weighted by atomic mass is 19.1. The zero-order valence-corrected chi connectivity index (χ0v) is 18.0. The number of carbonyl (C=O) groups excluding carboxylic acids is 1. The van der Waals surface area contributed by atoms with Crippen molar-refractivity contribution in [3.63, 3.8) is 0 Å². The lowest BCUT2D eigenvalue weighted by Gasteiger charge is -2.29. The molecule has 1 fully saturated rings. The van der Waals surface area contributed by atoms with E-state index in [-0.39, 0.29) is 23.6 Å². The van der Waals surface area contributed by atoms with Crippen LogP contribution in [0, 0.1) is 12.7 Å². The molecule has 2 aliphatic heterocycles. The zero-order chi connectivity index (χ0) is 22.9. The maximum Gasteiger partial charge on any atom is 0.255 e. The van der Waals surface area contributed by atoms with E-state index in [0.29, 0.717) is 61.2 Å². The van der Waals surface area contributed by atoms with Crippen LogP contribution < -0.4 is 10.6 Å². The van der Waals surface area contributed by atoms with Gasteiger partial charge < -0.3 is 30.2 Å². The number of para-hydroxylation sites is 1. The summed E-state index contributed by atoms with van der Waals surface area (Å²) in [5.41, 5.74) is 2.81. The number of hydrogen-bond acceptors (Lipinski definition) is 7. The fourth-order valence-corrected chi connectivity index (χ4v) is 4.32.